The third-order valence-corrected chi connectivity index (χ3v) is 5.13. The molecule has 1 amide bonds. The van der Waals surface area contributed by atoms with E-state index in [0.29, 0.717) is 6.54 Å². The molecule has 2 aromatic rings. The highest BCUT2D eigenvalue weighted by molar-refractivity contribution is 7.18. The lowest BCUT2D eigenvalue weighted by atomic mass is 10.0. The molecule has 0 spiro atoms. The molecule has 1 aromatic carbocycles. The minimum absolute atomic E-state index is 0.0652. The van der Waals surface area contributed by atoms with Gasteiger partial charge in [0.15, 0.2) is 0 Å². The molecule has 2 rings (SSSR count). The summed E-state index contributed by atoms with van der Waals surface area (Å²) < 4.78 is 1.19. The summed E-state index contributed by atoms with van der Waals surface area (Å²) in [6.45, 7) is 8.79. The second kappa shape index (κ2) is 6.75. The van der Waals surface area contributed by atoms with Crippen LogP contribution in [0.3, 0.4) is 0 Å². The molecule has 0 fully saturated rings. The highest BCUT2D eigenvalue weighted by atomic mass is 32.1. The van der Waals surface area contributed by atoms with E-state index in [0.717, 1.165) is 16.9 Å². The number of nitrogens with zero attached hydrogens (tertiary/aromatic N) is 2. The first-order valence-corrected chi connectivity index (χ1v) is 8.51. The van der Waals surface area contributed by atoms with Crippen molar-refractivity contribution in [2.75, 3.05) is 7.05 Å². The number of para-hydroxylation sites is 1. The normalized spacial score (nSPS) is 13.5. The number of amides is 1. The highest BCUT2D eigenvalue weighted by Gasteiger charge is 2.24. The van der Waals surface area contributed by atoms with E-state index in [1.54, 1.807) is 11.3 Å². The predicted octanol–water partition coefficient (Wildman–Crippen LogP) is 3.42. The van der Waals surface area contributed by atoms with Gasteiger partial charge < -0.3 is 5.32 Å². The maximum Gasteiger partial charge on any atom is 0.237 e. The SMILES string of the molecule is CCC(C)(C)NC(=O)C(C)N(C)Cc1nc2ccccc2s1. The Labute approximate surface area is 136 Å². The fourth-order valence-electron chi connectivity index (χ4n) is 2.06. The van der Waals surface area contributed by atoms with Gasteiger partial charge in [-0.25, -0.2) is 4.98 Å². The number of fused-ring (bicyclic) bond motifs is 1. The van der Waals surface area contributed by atoms with Gasteiger partial charge in [-0.15, -0.1) is 11.3 Å². The van der Waals surface area contributed by atoms with Gasteiger partial charge in [-0.3, -0.25) is 9.69 Å². The number of aromatic nitrogens is 1. The van der Waals surface area contributed by atoms with Gasteiger partial charge in [0.05, 0.1) is 22.8 Å². The average Bonchev–Trinajstić information content (AvgIpc) is 2.88. The first-order chi connectivity index (χ1) is 10.3. The number of likely N-dealkylation sites (N-methyl/N-ethyl adjacent to an activating group) is 1. The Morgan fingerprint density at radius 3 is 2.73 bits per heavy atom. The van der Waals surface area contributed by atoms with Crippen molar-refractivity contribution < 1.29 is 4.79 Å². The molecule has 0 saturated carbocycles. The van der Waals surface area contributed by atoms with Crippen LogP contribution in [0.15, 0.2) is 24.3 Å². The molecule has 0 radical (unpaired) electrons. The number of nitrogens with one attached hydrogen (secondary N) is 1. The molecule has 22 heavy (non-hydrogen) atoms. The third-order valence-electron chi connectivity index (χ3n) is 4.11. The second-order valence-corrected chi connectivity index (χ2v) is 7.51. The zero-order valence-corrected chi connectivity index (χ0v) is 14.8. The number of benzene rings is 1. The summed E-state index contributed by atoms with van der Waals surface area (Å²) in [6.07, 6.45) is 0.910. The first-order valence-electron chi connectivity index (χ1n) is 7.69. The minimum Gasteiger partial charge on any atom is -0.350 e. The van der Waals surface area contributed by atoms with E-state index >= 15 is 0 Å². The summed E-state index contributed by atoms with van der Waals surface area (Å²) in [7, 11) is 1.97. The average molecular weight is 319 g/mol. The van der Waals surface area contributed by atoms with Crippen LogP contribution in [0.5, 0.6) is 0 Å². The molecule has 1 unspecified atom stereocenters. The Morgan fingerprint density at radius 2 is 2.09 bits per heavy atom. The van der Waals surface area contributed by atoms with Crippen LogP contribution in [0, 0.1) is 0 Å². The molecule has 0 aliphatic heterocycles. The molecular weight excluding hydrogens is 294 g/mol. The predicted molar refractivity (Wildman–Crippen MR) is 93.1 cm³/mol. The zero-order chi connectivity index (χ0) is 16.3. The van der Waals surface area contributed by atoms with Crippen molar-refractivity contribution in [3.05, 3.63) is 29.3 Å². The van der Waals surface area contributed by atoms with Crippen LogP contribution in [0.25, 0.3) is 10.2 Å². The van der Waals surface area contributed by atoms with Crippen molar-refractivity contribution >= 4 is 27.5 Å². The van der Waals surface area contributed by atoms with Crippen molar-refractivity contribution in [2.45, 2.75) is 52.2 Å². The van der Waals surface area contributed by atoms with Gasteiger partial charge in [0.2, 0.25) is 5.91 Å². The quantitative estimate of drug-likeness (QED) is 0.887. The van der Waals surface area contributed by atoms with Crippen LogP contribution in [0.1, 0.15) is 39.1 Å². The summed E-state index contributed by atoms with van der Waals surface area (Å²) in [6, 6.07) is 7.94. The fourth-order valence-corrected chi connectivity index (χ4v) is 3.10. The zero-order valence-electron chi connectivity index (χ0n) is 14.0. The fraction of sp³-hybridized carbons (Fsp3) is 0.529. The van der Waals surface area contributed by atoms with Gasteiger partial charge in [0.1, 0.15) is 5.01 Å². The van der Waals surface area contributed by atoms with Crippen molar-refractivity contribution in [3.63, 3.8) is 0 Å². The molecule has 0 aliphatic carbocycles. The van der Waals surface area contributed by atoms with Crippen LogP contribution in [0.2, 0.25) is 0 Å². The summed E-state index contributed by atoms with van der Waals surface area (Å²) in [5.74, 6) is 0.0652. The van der Waals surface area contributed by atoms with Gasteiger partial charge in [-0.2, -0.15) is 0 Å². The molecule has 1 atom stereocenters. The number of thiazole rings is 1. The topological polar surface area (TPSA) is 45.2 Å². The Balaban J connectivity index is 2.01. The Kier molecular flexibility index (Phi) is 5.19. The molecular formula is C17H25N3OS. The lowest BCUT2D eigenvalue weighted by molar-refractivity contribution is -0.127. The largest absolute Gasteiger partial charge is 0.350 e. The molecule has 0 aliphatic rings. The molecule has 1 aromatic heterocycles. The molecule has 4 nitrogen and oxygen atoms in total. The molecule has 120 valence electrons. The van der Waals surface area contributed by atoms with Crippen LogP contribution in [-0.4, -0.2) is 34.4 Å². The van der Waals surface area contributed by atoms with Crippen molar-refractivity contribution in [2.24, 2.45) is 0 Å². The van der Waals surface area contributed by atoms with Crippen LogP contribution < -0.4 is 5.32 Å². The maximum atomic E-state index is 12.4. The maximum absolute atomic E-state index is 12.4. The van der Waals surface area contributed by atoms with Crippen LogP contribution in [-0.2, 0) is 11.3 Å². The van der Waals surface area contributed by atoms with E-state index in [9.17, 15) is 4.79 Å². The summed E-state index contributed by atoms with van der Waals surface area (Å²) >= 11 is 1.69. The lowest BCUT2D eigenvalue weighted by Crippen LogP contribution is -2.50. The standard InChI is InChI=1S/C17H25N3OS/c1-6-17(3,4)19-16(21)12(2)20(5)11-15-18-13-9-7-8-10-14(13)22-15/h7-10,12H,6,11H2,1-5H3,(H,19,21). The van der Waals surface area contributed by atoms with Gasteiger partial charge in [0, 0.05) is 5.54 Å². The van der Waals surface area contributed by atoms with Gasteiger partial charge >= 0.3 is 0 Å². The van der Waals surface area contributed by atoms with Crippen molar-refractivity contribution in [3.8, 4) is 0 Å². The smallest absolute Gasteiger partial charge is 0.237 e. The summed E-state index contributed by atoms with van der Waals surface area (Å²) in [5, 5.41) is 4.14. The van der Waals surface area contributed by atoms with Crippen LogP contribution >= 0.6 is 11.3 Å². The minimum atomic E-state index is -0.183. The molecule has 5 heteroatoms. The van der Waals surface area contributed by atoms with E-state index < -0.39 is 0 Å². The Morgan fingerprint density at radius 1 is 1.41 bits per heavy atom. The Bertz CT molecular complexity index is 617. The number of hydrogen-bond acceptors (Lipinski definition) is 4. The van der Waals surface area contributed by atoms with E-state index in [1.807, 2.05) is 50.9 Å². The van der Waals surface area contributed by atoms with E-state index in [1.165, 1.54) is 4.70 Å². The third kappa shape index (κ3) is 4.05. The monoisotopic (exact) mass is 319 g/mol. The van der Waals surface area contributed by atoms with Crippen LogP contribution in [0.4, 0.5) is 0 Å². The van der Waals surface area contributed by atoms with Gasteiger partial charge in [-0.05, 0) is 46.4 Å². The second-order valence-electron chi connectivity index (χ2n) is 6.39. The van der Waals surface area contributed by atoms with Crippen molar-refractivity contribution in [1.82, 2.24) is 15.2 Å². The van der Waals surface area contributed by atoms with Gasteiger partial charge in [-0.1, -0.05) is 19.1 Å². The van der Waals surface area contributed by atoms with E-state index in [2.05, 4.69) is 23.3 Å². The highest BCUT2D eigenvalue weighted by Crippen LogP contribution is 2.22. The van der Waals surface area contributed by atoms with E-state index in [4.69, 9.17) is 0 Å². The summed E-state index contributed by atoms with van der Waals surface area (Å²) in [4.78, 5) is 19.0. The first kappa shape index (κ1) is 16.9. The van der Waals surface area contributed by atoms with Gasteiger partial charge in [0.25, 0.3) is 0 Å². The number of carbonyl (C=O) groups is 1. The molecule has 1 N–H and O–H groups in total. The Hall–Kier alpha value is -1.46. The lowest BCUT2D eigenvalue weighted by Gasteiger charge is -2.29. The number of carbonyl (C=O) groups excluding carboxylic acids is 1. The van der Waals surface area contributed by atoms with E-state index in [-0.39, 0.29) is 17.5 Å². The summed E-state index contributed by atoms with van der Waals surface area (Å²) in [5.41, 5.74) is 0.863. The molecule has 0 saturated heterocycles. The molecule has 0 bridgehead atoms. The number of hydrogen-bond donors (Lipinski definition) is 1. The number of rotatable bonds is 6. The van der Waals surface area contributed by atoms with Crippen molar-refractivity contribution in [1.29, 1.82) is 0 Å². The molecule has 1 heterocycles.